The molecular weight excluding hydrogens is 585 g/mol. The molecule has 0 unspecified atom stereocenters. The predicted octanol–water partition coefficient (Wildman–Crippen LogP) is 11.0. The Balaban J connectivity index is 1.34. The first-order valence-electron chi connectivity index (χ1n) is 15.9. The van der Waals surface area contributed by atoms with Crippen LogP contribution < -0.4 is 0 Å². The van der Waals surface area contributed by atoms with E-state index >= 15 is 0 Å². The Morgan fingerprint density at radius 3 is 1.52 bits per heavy atom. The fourth-order valence-corrected chi connectivity index (χ4v) is 7.27. The first kappa shape index (κ1) is 27.4. The average Bonchev–Trinajstić information content (AvgIpc) is 3.68. The number of benzene rings is 7. The third-order valence-corrected chi connectivity index (χ3v) is 9.32. The van der Waals surface area contributed by atoms with E-state index < -0.39 is 0 Å². The van der Waals surface area contributed by atoms with Gasteiger partial charge in [-0.3, -0.25) is 0 Å². The van der Waals surface area contributed by atoms with Gasteiger partial charge in [0.1, 0.15) is 0 Å². The number of rotatable bonds is 4. The molecule has 0 aliphatic rings. The van der Waals surface area contributed by atoms with E-state index in [2.05, 4.69) is 130 Å². The van der Waals surface area contributed by atoms with Crippen LogP contribution in [-0.2, 0) is 0 Å². The third-order valence-electron chi connectivity index (χ3n) is 9.32. The van der Waals surface area contributed by atoms with E-state index in [0.29, 0.717) is 11.1 Å². The summed E-state index contributed by atoms with van der Waals surface area (Å²) in [7, 11) is 0. The fourth-order valence-electron chi connectivity index (χ4n) is 7.27. The second-order valence-corrected chi connectivity index (χ2v) is 12.0. The molecule has 222 valence electrons. The summed E-state index contributed by atoms with van der Waals surface area (Å²) < 4.78 is 4.51. The third kappa shape index (κ3) is 4.22. The van der Waals surface area contributed by atoms with Gasteiger partial charge in [0.15, 0.2) is 0 Å². The molecule has 0 atom stereocenters. The minimum atomic E-state index is 0.563. The Kier molecular flexibility index (Phi) is 6.22. The van der Waals surface area contributed by atoms with Crippen molar-refractivity contribution in [2.24, 2.45) is 0 Å². The lowest BCUT2D eigenvalue weighted by Gasteiger charge is -2.16. The van der Waals surface area contributed by atoms with E-state index in [0.717, 1.165) is 66.5 Å². The first-order valence-corrected chi connectivity index (χ1v) is 15.9. The summed E-state index contributed by atoms with van der Waals surface area (Å²) in [4.78, 5) is 0. The van der Waals surface area contributed by atoms with Crippen LogP contribution in [0.3, 0.4) is 0 Å². The minimum absolute atomic E-state index is 0.563. The van der Waals surface area contributed by atoms with Crippen molar-refractivity contribution in [1.29, 1.82) is 10.5 Å². The Labute approximate surface area is 277 Å². The van der Waals surface area contributed by atoms with Gasteiger partial charge in [0, 0.05) is 32.9 Å². The molecule has 0 spiro atoms. The topological polar surface area (TPSA) is 57.4 Å². The van der Waals surface area contributed by atoms with Crippen LogP contribution in [-0.4, -0.2) is 9.13 Å². The average molecular weight is 611 g/mol. The molecule has 0 amide bonds. The number of para-hydroxylation sites is 3. The van der Waals surface area contributed by atoms with Crippen molar-refractivity contribution in [2.75, 3.05) is 0 Å². The number of nitriles is 2. The zero-order valence-corrected chi connectivity index (χ0v) is 25.8. The van der Waals surface area contributed by atoms with Gasteiger partial charge in [-0.1, -0.05) is 91.0 Å². The Bertz CT molecular complexity index is 2750. The van der Waals surface area contributed by atoms with Gasteiger partial charge in [-0.15, -0.1) is 0 Å². The molecule has 0 bridgehead atoms. The number of aromatic nitrogens is 2. The molecule has 0 radical (unpaired) electrons. The number of hydrogen-bond donors (Lipinski definition) is 0. The van der Waals surface area contributed by atoms with Gasteiger partial charge >= 0.3 is 0 Å². The van der Waals surface area contributed by atoms with Crippen LogP contribution in [0, 0.1) is 22.7 Å². The summed E-state index contributed by atoms with van der Waals surface area (Å²) >= 11 is 0. The lowest BCUT2D eigenvalue weighted by Crippen LogP contribution is -1.98. The lowest BCUT2D eigenvalue weighted by molar-refractivity contribution is 1.17. The van der Waals surface area contributed by atoms with E-state index in [1.165, 1.54) is 10.8 Å². The summed E-state index contributed by atoms with van der Waals surface area (Å²) in [5.41, 5.74) is 11.4. The maximum Gasteiger partial charge on any atom is 0.0998 e. The monoisotopic (exact) mass is 610 g/mol. The molecule has 0 N–H and O–H groups in total. The van der Waals surface area contributed by atoms with Crippen molar-refractivity contribution in [2.45, 2.75) is 0 Å². The van der Waals surface area contributed by atoms with Gasteiger partial charge in [-0.05, 0) is 89.0 Å². The van der Waals surface area contributed by atoms with Crippen molar-refractivity contribution in [3.8, 4) is 45.8 Å². The van der Waals surface area contributed by atoms with Crippen LogP contribution >= 0.6 is 0 Å². The zero-order valence-electron chi connectivity index (χ0n) is 25.8. The fraction of sp³-hybridized carbons (Fsp3) is 0. The number of fused-ring (bicyclic) bond motifs is 6. The smallest absolute Gasteiger partial charge is 0.0998 e. The highest BCUT2D eigenvalue weighted by Gasteiger charge is 2.18. The lowest BCUT2D eigenvalue weighted by atomic mass is 9.96. The van der Waals surface area contributed by atoms with Crippen molar-refractivity contribution < 1.29 is 0 Å². The van der Waals surface area contributed by atoms with E-state index in [1.54, 1.807) is 0 Å². The van der Waals surface area contributed by atoms with E-state index in [9.17, 15) is 10.5 Å². The summed E-state index contributed by atoms with van der Waals surface area (Å²) in [5.74, 6) is 0. The zero-order chi connectivity index (χ0) is 32.2. The summed E-state index contributed by atoms with van der Waals surface area (Å²) in [6.07, 6.45) is 0. The number of hydrogen-bond acceptors (Lipinski definition) is 2. The summed E-state index contributed by atoms with van der Waals surface area (Å²) in [5, 5.41) is 24.6. The first-order chi connectivity index (χ1) is 23.7. The van der Waals surface area contributed by atoms with Gasteiger partial charge in [0.25, 0.3) is 0 Å². The molecule has 9 rings (SSSR count). The molecule has 0 saturated heterocycles. The standard InChI is InChI=1S/C44H26N4/c45-27-29-21-32(24-35(22-29)48-42-19-9-6-16-39(42)44-31(28-46)13-10-20-43(44)48)34-23-33(30-11-2-1-3-12-30)25-36(26-34)47-40-17-7-4-14-37(40)38-15-5-8-18-41(38)47/h1-26H. The summed E-state index contributed by atoms with van der Waals surface area (Å²) in [6, 6.07) is 59.1. The normalized spacial score (nSPS) is 11.3. The second kappa shape index (κ2) is 10.9. The maximum atomic E-state index is 10.3. The number of nitrogens with zero attached hydrogens (tertiary/aromatic N) is 4. The highest BCUT2D eigenvalue weighted by Crippen LogP contribution is 2.38. The molecule has 0 saturated carbocycles. The molecule has 9 aromatic rings. The molecule has 7 aromatic carbocycles. The van der Waals surface area contributed by atoms with Crippen LogP contribution in [0.25, 0.3) is 77.2 Å². The Morgan fingerprint density at radius 1 is 0.375 bits per heavy atom. The molecule has 2 heterocycles. The largest absolute Gasteiger partial charge is 0.309 e. The maximum absolute atomic E-state index is 10.3. The van der Waals surface area contributed by atoms with Gasteiger partial charge < -0.3 is 9.13 Å². The molecule has 4 heteroatoms. The van der Waals surface area contributed by atoms with E-state index in [1.807, 2.05) is 48.5 Å². The molecule has 0 aliphatic carbocycles. The highest BCUT2D eigenvalue weighted by molar-refractivity contribution is 6.12. The van der Waals surface area contributed by atoms with Crippen LogP contribution in [0.5, 0.6) is 0 Å². The van der Waals surface area contributed by atoms with Gasteiger partial charge in [-0.2, -0.15) is 10.5 Å². The van der Waals surface area contributed by atoms with Crippen molar-refractivity contribution in [3.63, 3.8) is 0 Å². The van der Waals surface area contributed by atoms with Crippen LogP contribution in [0.1, 0.15) is 11.1 Å². The molecule has 48 heavy (non-hydrogen) atoms. The Hall–Kier alpha value is -6.88. The van der Waals surface area contributed by atoms with Crippen molar-refractivity contribution >= 4 is 43.6 Å². The minimum Gasteiger partial charge on any atom is -0.309 e. The Morgan fingerprint density at radius 2 is 0.875 bits per heavy atom. The van der Waals surface area contributed by atoms with Gasteiger partial charge in [0.2, 0.25) is 0 Å². The van der Waals surface area contributed by atoms with Crippen LogP contribution in [0.4, 0.5) is 0 Å². The van der Waals surface area contributed by atoms with E-state index in [4.69, 9.17) is 0 Å². The van der Waals surface area contributed by atoms with Crippen molar-refractivity contribution in [1.82, 2.24) is 9.13 Å². The molecule has 0 aliphatic heterocycles. The molecule has 0 fully saturated rings. The molecule has 2 aromatic heterocycles. The van der Waals surface area contributed by atoms with Crippen molar-refractivity contribution in [3.05, 3.63) is 169 Å². The van der Waals surface area contributed by atoms with Crippen LogP contribution in [0.2, 0.25) is 0 Å². The van der Waals surface area contributed by atoms with Gasteiger partial charge in [0.05, 0.1) is 45.3 Å². The quantitative estimate of drug-likeness (QED) is 0.199. The van der Waals surface area contributed by atoms with Gasteiger partial charge in [-0.25, -0.2) is 0 Å². The van der Waals surface area contributed by atoms with Crippen LogP contribution in [0.15, 0.2) is 158 Å². The summed E-state index contributed by atoms with van der Waals surface area (Å²) in [6.45, 7) is 0. The predicted molar refractivity (Wildman–Crippen MR) is 195 cm³/mol. The molecular formula is C44H26N4. The second-order valence-electron chi connectivity index (χ2n) is 12.0. The van der Waals surface area contributed by atoms with E-state index in [-0.39, 0.29) is 0 Å². The molecule has 4 nitrogen and oxygen atoms in total. The highest BCUT2D eigenvalue weighted by atomic mass is 15.0. The SMILES string of the molecule is N#Cc1cc(-c2cc(-c3ccccc3)cc(-n3c4ccccc4c4ccccc43)c2)cc(-n2c3ccccc3c3c(C#N)cccc32)c1.